The Morgan fingerprint density at radius 2 is 0.955 bits per heavy atom. The molecule has 0 saturated carbocycles. The molecule has 10 aromatic carbocycles. The molecule has 1 aliphatic carbocycles. The van der Waals surface area contributed by atoms with Crippen molar-refractivity contribution in [2.75, 3.05) is 4.90 Å². The van der Waals surface area contributed by atoms with Crippen molar-refractivity contribution in [2.24, 2.45) is 0 Å². The molecule has 0 bridgehead atoms. The number of para-hydroxylation sites is 2. The van der Waals surface area contributed by atoms with Crippen molar-refractivity contribution in [2.45, 2.75) is 19.3 Å². The largest absolute Gasteiger partial charge is 0.353 e. The van der Waals surface area contributed by atoms with Gasteiger partial charge in [0.1, 0.15) is 0 Å². The van der Waals surface area contributed by atoms with E-state index < -0.39 is 0 Å². The van der Waals surface area contributed by atoms with Gasteiger partial charge in [-0.3, -0.25) is 0 Å². The van der Waals surface area contributed by atoms with Crippen LogP contribution in [0.25, 0.3) is 93.8 Å². The number of fused-ring (bicyclic) bond motifs is 9. The Balaban J connectivity index is 1.00. The van der Waals surface area contributed by atoms with E-state index in [2.05, 4.69) is 259 Å². The van der Waals surface area contributed by atoms with Gasteiger partial charge in [0.25, 0.3) is 0 Å². The predicted octanol–water partition coefficient (Wildman–Crippen LogP) is 17.2. The molecule has 0 saturated heterocycles. The summed E-state index contributed by atoms with van der Waals surface area (Å²) < 4.78 is 2.39. The van der Waals surface area contributed by atoms with Crippen LogP contribution in [0.3, 0.4) is 0 Å². The zero-order chi connectivity index (χ0) is 43.9. The number of nitrogens with zero attached hydrogens (tertiary/aromatic N) is 2. The summed E-state index contributed by atoms with van der Waals surface area (Å²) in [6, 6.07) is 84.5. The quantitative estimate of drug-likeness (QED) is 0.170. The first-order valence-electron chi connectivity index (χ1n) is 22.9. The van der Waals surface area contributed by atoms with Crippen LogP contribution in [-0.4, -0.2) is 9.55 Å². The molecule has 13 rings (SSSR count). The van der Waals surface area contributed by atoms with E-state index in [-0.39, 0.29) is 5.41 Å². The van der Waals surface area contributed by atoms with E-state index in [0.717, 1.165) is 34.0 Å². The van der Waals surface area contributed by atoms with E-state index in [1.165, 1.54) is 88.0 Å². The average molecular weight is 844 g/mol. The number of hydrogen-bond acceptors (Lipinski definition) is 1. The maximum absolute atomic E-state index is 3.92. The summed E-state index contributed by atoms with van der Waals surface area (Å²) >= 11 is 0. The monoisotopic (exact) mass is 843 g/mol. The highest BCUT2D eigenvalue weighted by Crippen LogP contribution is 2.51. The normalized spacial score (nSPS) is 12.8. The third-order valence-electron chi connectivity index (χ3n) is 14.1. The molecule has 1 N–H and O–H groups in total. The maximum atomic E-state index is 3.92. The zero-order valence-electron chi connectivity index (χ0n) is 36.8. The van der Waals surface area contributed by atoms with Gasteiger partial charge < -0.3 is 14.5 Å². The van der Waals surface area contributed by atoms with E-state index in [1.807, 2.05) is 0 Å². The molecule has 1 aliphatic rings. The number of anilines is 3. The van der Waals surface area contributed by atoms with E-state index in [4.69, 9.17) is 0 Å². The summed E-state index contributed by atoms with van der Waals surface area (Å²) in [5, 5.41) is 6.09. The van der Waals surface area contributed by atoms with Crippen molar-refractivity contribution in [1.82, 2.24) is 9.55 Å². The van der Waals surface area contributed by atoms with Gasteiger partial charge in [-0.15, -0.1) is 0 Å². The van der Waals surface area contributed by atoms with Crippen LogP contribution >= 0.6 is 0 Å². The summed E-state index contributed by atoms with van der Waals surface area (Å²) in [6.07, 6.45) is 0. The molecule has 0 aliphatic heterocycles. The van der Waals surface area contributed by atoms with Crippen molar-refractivity contribution in [3.8, 4) is 50.3 Å². The first-order chi connectivity index (χ1) is 32.5. The molecule has 2 heterocycles. The predicted molar refractivity (Wildman–Crippen MR) is 279 cm³/mol. The second-order valence-electron chi connectivity index (χ2n) is 18.2. The highest BCUT2D eigenvalue weighted by Gasteiger charge is 2.36. The smallest absolute Gasteiger partial charge is 0.0545 e. The molecule has 0 fully saturated rings. The molecule has 0 atom stereocenters. The SMILES string of the molecule is CC1(C)c2ccccc2-c2ccc(N(c3ccc(-c4cc5c(-c6ccccc6)c(-c6ccccc6)[nH]c5c5ccccc45)cc3)c3ccc4c(c3)c3ccccc3n4-c3ccccc3)cc21. The highest BCUT2D eigenvalue weighted by molar-refractivity contribution is 6.19. The van der Waals surface area contributed by atoms with Crippen LogP contribution in [0.15, 0.2) is 231 Å². The minimum atomic E-state index is -0.137. The van der Waals surface area contributed by atoms with Gasteiger partial charge in [0.2, 0.25) is 0 Å². The van der Waals surface area contributed by atoms with E-state index in [0.29, 0.717) is 0 Å². The molecule has 0 unspecified atom stereocenters. The van der Waals surface area contributed by atoms with Crippen LogP contribution in [0.2, 0.25) is 0 Å². The van der Waals surface area contributed by atoms with Crippen molar-refractivity contribution < 1.29 is 0 Å². The number of nitrogens with one attached hydrogen (secondary N) is 1. The Bertz CT molecular complexity index is 3820. The third-order valence-corrected chi connectivity index (χ3v) is 14.1. The molecule has 312 valence electrons. The number of hydrogen-bond donors (Lipinski definition) is 1. The molecule has 0 amide bonds. The van der Waals surface area contributed by atoms with Gasteiger partial charge in [-0.1, -0.05) is 178 Å². The second kappa shape index (κ2) is 14.8. The van der Waals surface area contributed by atoms with Crippen LogP contribution in [-0.2, 0) is 5.41 Å². The number of H-pyrrole nitrogens is 1. The molecule has 3 nitrogen and oxygen atoms in total. The van der Waals surface area contributed by atoms with Gasteiger partial charge in [0.15, 0.2) is 0 Å². The fourth-order valence-corrected chi connectivity index (χ4v) is 11.0. The molecule has 3 heteroatoms. The van der Waals surface area contributed by atoms with Gasteiger partial charge in [-0.05, 0) is 117 Å². The highest BCUT2D eigenvalue weighted by atomic mass is 15.1. The lowest BCUT2D eigenvalue weighted by Gasteiger charge is -2.28. The van der Waals surface area contributed by atoms with E-state index in [9.17, 15) is 0 Å². The van der Waals surface area contributed by atoms with Crippen molar-refractivity contribution in [3.63, 3.8) is 0 Å². The maximum Gasteiger partial charge on any atom is 0.0545 e. The molecule has 0 radical (unpaired) electrons. The van der Waals surface area contributed by atoms with Gasteiger partial charge in [-0.2, -0.15) is 0 Å². The summed E-state index contributed by atoms with van der Waals surface area (Å²) in [5.74, 6) is 0. The summed E-state index contributed by atoms with van der Waals surface area (Å²) in [7, 11) is 0. The second-order valence-corrected chi connectivity index (χ2v) is 18.2. The Morgan fingerprint density at radius 1 is 0.379 bits per heavy atom. The van der Waals surface area contributed by atoms with Gasteiger partial charge >= 0.3 is 0 Å². The Kier molecular flexibility index (Phi) is 8.56. The Hall–Kier alpha value is -8.40. The fraction of sp³-hybridized carbons (Fsp3) is 0.0476. The van der Waals surface area contributed by atoms with Gasteiger partial charge in [0.05, 0.1) is 22.2 Å². The Morgan fingerprint density at radius 3 is 1.73 bits per heavy atom. The third kappa shape index (κ3) is 5.83. The average Bonchev–Trinajstić information content (AvgIpc) is 4.00. The van der Waals surface area contributed by atoms with Crippen molar-refractivity contribution >= 4 is 60.5 Å². The summed E-state index contributed by atoms with van der Waals surface area (Å²) in [4.78, 5) is 6.37. The molecule has 66 heavy (non-hydrogen) atoms. The van der Waals surface area contributed by atoms with Gasteiger partial charge in [-0.25, -0.2) is 0 Å². The van der Waals surface area contributed by atoms with Crippen LogP contribution in [0.1, 0.15) is 25.0 Å². The van der Waals surface area contributed by atoms with Crippen LogP contribution in [0.5, 0.6) is 0 Å². The number of aromatic amines is 1. The van der Waals surface area contributed by atoms with E-state index >= 15 is 0 Å². The van der Waals surface area contributed by atoms with Gasteiger partial charge in [0, 0.05) is 55.3 Å². The number of aromatic nitrogens is 2. The summed E-state index contributed by atoms with van der Waals surface area (Å²) in [6.45, 7) is 4.73. The zero-order valence-corrected chi connectivity index (χ0v) is 36.8. The number of benzene rings is 10. The molecular formula is C63H45N3. The standard InChI is InChI=1S/C63H45N3/c1-63(2)56-28-16-14-25-49(56)50-36-34-47(39-57(50)63)65(46-35-37-59-54(38-46)51-26-15-17-29-58(51)66(59)44-22-10-5-11-23-44)45-32-30-41(31-33-45)53-40-55-60(42-18-6-3-7-19-42)61(43-20-8-4-9-21-43)64-62(55)52-27-13-12-24-48(52)53/h3-40,64H,1-2H3. The molecule has 0 spiro atoms. The first-order valence-corrected chi connectivity index (χ1v) is 22.9. The minimum absolute atomic E-state index is 0.137. The lowest BCUT2D eigenvalue weighted by atomic mass is 9.82. The molecular weight excluding hydrogens is 799 g/mol. The van der Waals surface area contributed by atoms with Crippen molar-refractivity contribution in [3.05, 3.63) is 242 Å². The topological polar surface area (TPSA) is 24.0 Å². The lowest BCUT2D eigenvalue weighted by molar-refractivity contribution is 0.660. The van der Waals surface area contributed by atoms with Crippen LogP contribution < -0.4 is 4.90 Å². The first kappa shape index (κ1) is 38.1. The van der Waals surface area contributed by atoms with E-state index in [1.54, 1.807) is 0 Å². The number of rotatable bonds is 7. The van der Waals surface area contributed by atoms with Crippen LogP contribution in [0, 0.1) is 0 Å². The van der Waals surface area contributed by atoms with Crippen molar-refractivity contribution in [1.29, 1.82) is 0 Å². The Labute approximate surface area is 384 Å². The fourth-order valence-electron chi connectivity index (χ4n) is 11.0. The molecule has 2 aromatic heterocycles. The molecule has 12 aromatic rings. The summed E-state index contributed by atoms with van der Waals surface area (Å²) in [5.41, 5.74) is 20.4. The lowest BCUT2D eigenvalue weighted by Crippen LogP contribution is -2.16. The minimum Gasteiger partial charge on any atom is -0.353 e. The van der Waals surface area contributed by atoms with Crippen LogP contribution in [0.4, 0.5) is 17.1 Å².